The number of halogens is 1. The Bertz CT molecular complexity index is 612. The zero-order valence-corrected chi connectivity index (χ0v) is 13.3. The van der Waals surface area contributed by atoms with E-state index < -0.39 is 0 Å². The molecule has 2 N–H and O–H groups in total. The third-order valence-corrected chi connectivity index (χ3v) is 4.55. The van der Waals surface area contributed by atoms with Crippen LogP contribution >= 0.6 is 27.7 Å². The molecule has 4 nitrogen and oxygen atoms in total. The molecule has 0 aliphatic rings. The number of carbonyl (C=O) groups is 1. The number of furan rings is 1. The highest BCUT2D eigenvalue weighted by Crippen LogP contribution is 2.32. The van der Waals surface area contributed by atoms with Gasteiger partial charge in [0.05, 0.1) is 18.6 Å². The van der Waals surface area contributed by atoms with E-state index in [0.717, 1.165) is 9.37 Å². The SMILES string of the molecule is CCOC(=O)c1ccoc1CSc1ccc(N)cc1Br. The Morgan fingerprint density at radius 3 is 2.95 bits per heavy atom. The molecule has 1 heterocycles. The molecule has 2 aromatic rings. The molecule has 0 aliphatic carbocycles. The van der Waals surface area contributed by atoms with Crippen LogP contribution < -0.4 is 5.73 Å². The van der Waals surface area contributed by atoms with Gasteiger partial charge in [0.2, 0.25) is 0 Å². The van der Waals surface area contributed by atoms with E-state index in [2.05, 4.69) is 15.9 Å². The Kier molecular flexibility index (Phi) is 5.14. The predicted molar refractivity (Wildman–Crippen MR) is 82.8 cm³/mol. The minimum Gasteiger partial charge on any atom is -0.468 e. The molecule has 20 heavy (non-hydrogen) atoms. The fourth-order valence-electron chi connectivity index (χ4n) is 1.62. The van der Waals surface area contributed by atoms with Crippen molar-refractivity contribution < 1.29 is 13.9 Å². The van der Waals surface area contributed by atoms with Gasteiger partial charge in [-0.25, -0.2) is 4.79 Å². The maximum atomic E-state index is 11.7. The van der Waals surface area contributed by atoms with Crippen molar-refractivity contribution in [3.05, 3.63) is 46.3 Å². The molecule has 0 fully saturated rings. The normalized spacial score (nSPS) is 10.5. The van der Waals surface area contributed by atoms with Crippen molar-refractivity contribution in [2.45, 2.75) is 17.6 Å². The van der Waals surface area contributed by atoms with Crippen molar-refractivity contribution in [1.82, 2.24) is 0 Å². The van der Waals surface area contributed by atoms with Crippen LogP contribution in [-0.2, 0) is 10.5 Å². The van der Waals surface area contributed by atoms with Crippen LogP contribution in [-0.4, -0.2) is 12.6 Å². The highest BCUT2D eigenvalue weighted by molar-refractivity contribution is 9.10. The summed E-state index contributed by atoms with van der Waals surface area (Å²) in [5.41, 5.74) is 6.87. The predicted octanol–water partition coefficient (Wildman–Crippen LogP) is 4.09. The summed E-state index contributed by atoms with van der Waals surface area (Å²) in [7, 11) is 0. The fourth-order valence-corrected chi connectivity index (χ4v) is 3.23. The standard InChI is InChI=1S/C14H14BrNO3S/c1-2-18-14(17)10-5-6-19-12(10)8-20-13-4-3-9(16)7-11(13)15/h3-7H,2,8,16H2,1H3. The summed E-state index contributed by atoms with van der Waals surface area (Å²) in [6, 6.07) is 7.24. The van der Waals surface area contributed by atoms with E-state index >= 15 is 0 Å². The molecule has 0 radical (unpaired) electrons. The van der Waals surface area contributed by atoms with Crippen LogP contribution in [0.2, 0.25) is 0 Å². The zero-order chi connectivity index (χ0) is 14.5. The quantitative estimate of drug-likeness (QED) is 0.497. The third kappa shape index (κ3) is 3.58. The fraction of sp³-hybridized carbons (Fsp3) is 0.214. The zero-order valence-electron chi connectivity index (χ0n) is 10.9. The molecule has 1 aromatic heterocycles. The lowest BCUT2D eigenvalue weighted by Crippen LogP contribution is -2.05. The monoisotopic (exact) mass is 355 g/mol. The van der Waals surface area contributed by atoms with E-state index in [9.17, 15) is 4.79 Å². The molecule has 106 valence electrons. The second-order valence-corrected chi connectivity index (χ2v) is 5.83. The lowest BCUT2D eigenvalue weighted by Gasteiger charge is -2.05. The van der Waals surface area contributed by atoms with Crippen LogP contribution in [0.5, 0.6) is 0 Å². The Morgan fingerprint density at radius 2 is 2.25 bits per heavy atom. The van der Waals surface area contributed by atoms with Gasteiger partial charge in [0.15, 0.2) is 0 Å². The van der Waals surface area contributed by atoms with E-state index in [1.807, 2.05) is 18.2 Å². The van der Waals surface area contributed by atoms with Gasteiger partial charge in [0.1, 0.15) is 11.3 Å². The number of nitrogens with two attached hydrogens (primary N) is 1. The maximum absolute atomic E-state index is 11.7. The van der Waals surface area contributed by atoms with E-state index in [1.165, 1.54) is 6.26 Å². The number of hydrogen-bond donors (Lipinski definition) is 1. The van der Waals surface area contributed by atoms with E-state index in [0.29, 0.717) is 29.4 Å². The van der Waals surface area contributed by atoms with Gasteiger partial charge in [-0.2, -0.15) is 0 Å². The second-order valence-electron chi connectivity index (χ2n) is 3.96. The molecule has 0 saturated heterocycles. The third-order valence-electron chi connectivity index (χ3n) is 2.56. The van der Waals surface area contributed by atoms with Crippen LogP contribution in [0.15, 0.2) is 44.3 Å². The van der Waals surface area contributed by atoms with Crippen molar-refractivity contribution >= 4 is 39.3 Å². The molecule has 0 aliphatic heterocycles. The van der Waals surface area contributed by atoms with Crippen LogP contribution in [0.25, 0.3) is 0 Å². The van der Waals surface area contributed by atoms with Gasteiger partial charge in [-0.1, -0.05) is 0 Å². The molecule has 2 rings (SSSR count). The first-order valence-electron chi connectivity index (χ1n) is 6.03. The highest BCUT2D eigenvalue weighted by atomic mass is 79.9. The van der Waals surface area contributed by atoms with Gasteiger partial charge >= 0.3 is 5.97 Å². The first-order valence-corrected chi connectivity index (χ1v) is 7.81. The van der Waals surface area contributed by atoms with Gasteiger partial charge in [0.25, 0.3) is 0 Å². The molecule has 0 saturated carbocycles. The second kappa shape index (κ2) is 6.85. The summed E-state index contributed by atoms with van der Waals surface area (Å²) in [5.74, 6) is 0.800. The number of thioether (sulfide) groups is 1. The number of carbonyl (C=O) groups excluding carboxylic acids is 1. The Balaban J connectivity index is 2.08. The number of esters is 1. The van der Waals surface area contributed by atoms with Crippen LogP contribution in [0, 0.1) is 0 Å². The largest absolute Gasteiger partial charge is 0.468 e. The summed E-state index contributed by atoms with van der Waals surface area (Å²) >= 11 is 5.02. The Morgan fingerprint density at radius 1 is 1.45 bits per heavy atom. The van der Waals surface area contributed by atoms with Crippen molar-refractivity contribution in [2.24, 2.45) is 0 Å². The molecule has 1 aromatic carbocycles. The minimum absolute atomic E-state index is 0.347. The molecule has 0 atom stereocenters. The number of nitrogen functional groups attached to an aromatic ring is 1. The van der Waals surface area contributed by atoms with Crippen molar-refractivity contribution in [3.8, 4) is 0 Å². The number of ether oxygens (including phenoxy) is 1. The minimum atomic E-state index is -0.353. The lowest BCUT2D eigenvalue weighted by atomic mass is 10.3. The van der Waals surface area contributed by atoms with Gasteiger partial charge < -0.3 is 14.9 Å². The summed E-state index contributed by atoms with van der Waals surface area (Å²) < 4.78 is 11.3. The van der Waals surface area contributed by atoms with Crippen molar-refractivity contribution in [3.63, 3.8) is 0 Å². The van der Waals surface area contributed by atoms with Crippen LogP contribution in [0.3, 0.4) is 0 Å². The molecular weight excluding hydrogens is 342 g/mol. The average Bonchev–Trinajstić information content (AvgIpc) is 2.86. The summed E-state index contributed by atoms with van der Waals surface area (Å²) in [4.78, 5) is 12.8. The lowest BCUT2D eigenvalue weighted by molar-refractivity contribution is 0.0524. The molecule has 0 bridgehead atoms. The molecule has 0 amide bonds. The van der Waals surface area contributed by atoms with Gasteiger partial charge in [-0.05, 0) is 47.1 Å². The number of benzene rings is 1. The average molecular weight is 356 g/mol. The van der Waals surface area contributed by atoms with Crippen LogP contribution in [0.4, 0.5) is 5.69 Å². The topological polar surface area (TPSA) is 65.5 Å². The summed E-state index contributed by atoms with van der Waals surface area (Å²) in [6.45, 7) is 2.12. The van der Waals surface area contributed by atoms with Gasteiger partial charge in [-0.15, -0.1) is 11.8 Å². The van der Waals surface area contributed by atoms with E-state index in [1.54, 1.807) is 24.8 Å². The van der Waals surface area contributed by atoms with E-state index in [4.69, 9.17) is 14.9 Å². The van der Waals surface area contributed by atoms with Crippen molar-refractivity contribution in [2.75, 3.05) is 12.3 Å². The molecule has 6 heteroatoms. The first-order chi connectivity index (χ1) is 9.61. The summed E-state index contributed by atoms with van der Waals surface area (Å²) in [5, 5.41) is 0. The number of anilines is 1. The van der Waals surface area contributed by atoms with Crippen molar-refractivity contribution in [1.29, 1.82) is 0 Å². The Hall–Kier alpha value is -1.40. The van der Waals surface area contributed by atoms with Gasteiger partial charge in [-0.3, -0.25) is 0 Å². The summed E-state index contributed by atoms with van der Waals surface area (Å²) in [6.07, 6.45) is 1.50. The highest BCUT2D eigenvalue weighted by Gasteiger charge is 2.16. The first kappa shape index (κ1) is 15.0. The Labute approximate surface area is 129 Å². The maximum Gasteiger partial charge on any atom is 0.341 e. The molecule has 0 unspecified atom stereocenters. The molecule has 0 spiro atoms. The van der Waals surface area contributed by atoms with Gasteiger partial charge in [0, 0.05) is 15.1 Å². The molecular formula is C14H14BrNO3S. The van der Waals surface area contributed by atoms with E-state index in [-0.39, 0.29) is 5.97 Å². The number of rotatable bonds is 5. The number of hydrogen-bond acceptors (Lipinski definition) is 5. The van der Waals surface area contributed by atoms with Crippen LogP contribution in [0.1, 0.15) is 23.0 Å². The smallest absolute Gasteiger partial charge is 0.341 e.